The first kappa shape index (κ1) is 19.3. The van der Waals surface area contributed by atoms with E-state index in [1.54, 1.807) is 6.07 Å². The minimum atomic E-state index is -1.15. The van der Waals surface area contributed by atoms with Gasteiger partial charge in [0.2, 0.25) is 5.91 Å². The average Bonchev–Trinajstić information content (AvgIpc) is 2.69. The number of carbonyl (C=O) groups excluding carboxylic acids is 1. The Hall–Kier alpha value is -2.47. The Kier molecular flexibility index (Phi) is 6.40. The van der Waals surface area contributed by atoms with E-state index >= 15 is 0 Å². The number of aliphatic carboxylic acids is 1. The molecule has 1 aliphatic carbocycles. The van der Waals surface area contributed by atoms with Gasteiger partial charge in [-0.2, -0.15) is 0 Å². The standard InChI is InChI=1S/C21H23NO4S/c23-20(16-7-5-8-17(13-16)21(24)25)22-18-9-4-6-15(12-18)14-27(26)19-10-2-1-3-11-19/h1-4,6,9-12,16-17H,5,7-8,13-14H2,(H,22,23)(H,24,25). The lowest BCUT2D eigenvalue weighted by atomic mass is 9.81. The van der Waals surface area contributed by atoms with Gasteiger partial charge in [0.05, 0.1) is 22.5 Å². The zero-order valence-electron chi connectivity index (χ0n) is 15.0. The average molecular weight is 385 g/mol. The maximum atomic E-state index is 12.5. The summed E-state index contributed by atoms with van der Waals surface area (Å²) in [5.74, 6) is -1.30. The van der Waals surface area contributed by atoms with Crippen LogP contribution in [-0.2, 0) is 26.1 Å². The van der Waals surface area contributed by atoms with Crippen molar-refractivity contribution in [3.63, 3.8) is 0 Å². The number of hydrogen-bond acceptors (Lipinski definition) is 3. The van der Waals surface area contributed by atoms with Gasteiger partial charge in [0.25, 0.3) is 0 Å². The quantitative estimate of drug-likeness (QED) is 0.792. The predicted molar refractivity (Wildman–Crippen MR) is 105 cm³/mol. The van der Waals surface area contributed by atoms with Crippen molar-refractivity contribution in [2.75, 3.05) is 5.32 Å². The fourth-order valence-electron chi connectivity index (χ4n) is 3.44. The molecule has 3 rings (SSSR count). The van der Waals surface area contributed by atoms with Gasteiger partial charge in [-0.05, 0) is 49.1 Å². The fourth-order valence-corrected chi connectivity index (χ4v) is 4.55. The molecular formula is C21H23NO4S. The largest absolute Gasteiger partial charge is 0.481 e. The SMILES string of the molecule is O=C(O)C1CCCC(C(=O)Nc2cccc(CS(=O)c3ccccc3)c2)C1. The number of carbonyl (C=O) groups is 2. The topological polar surface area (TPSA) is 83.5 Å². The number of hydrogen-bond donors (Lipinski definition) is 2. The summed E-state index contributed by atoms with van der Waals surface area (Å²) in [6.07, 6.45) is 2.50. The van der Waals surface area contributed by atoms with Crippen LogP contribution in [0.5, 0.6) is 0 Å². The Labute approximate surface area is 161 Å². The number of carboxylic acids is 1. The van der Waals surface area contributed by atoms with E-state index in [1.165, 1.54) is 0 Å². The number of carboxylic acid groups (broad SMARTS) is 1. The third kappa shape index (κ3) is 5.26. The van der Waals surface area contributed by atoms with Gasteiger partial charge < -0.3 is 10.4 Å². The number of benzene rings is 2. The molecule has 1 aliphatic rings. The highest BCUT2D eigenvalue weighted by atomic mass is 32.2. The van der Waals surface area contributed by atoms with Gasteiger partial charge in [0.1, 0.15) is 0 Å². The minimum Gasteiger partial charge on any atom is -0.481 e. The maximum Gasteiger partial charge on any atom is 0.306 e. The summed E-state index contributed by atoms with van der Waals surface area (Å²) in [5, 5.41) is 12.1. The molecule has 3 unspecified atom stereocenters. The van der Waals surface area contributed by atoms with Crippen LogP contribution < -0.4 is 5.32 Å². The van der Waals surface area contributed by atoms with Crippen molar-refractivity contribution in [1.29, 1.82) is 0 Å². The first-order valence-electron chi connectivity index (χ1n) is 9.09. The number of anilines is 1. The van der Waals surface area contributed by atoms with E-state index in [4.69, 9.17) is 0 Å². The molecule has 27 heavy (non-hydrogen) atoms. The smallest absolute Gasteiger partial charge is 0.306 e. The van der Waals surface area contributed by atoms with Crippen LogP contribution >= 0.6 is 0 Å². The van der Waals surface area contributed by atoms with E-state index in [2.05, 4.69) is 5.32 Å². The van der Waals surface area contributed by atoms with Crippen LogP contribution in [0.25, 0.3) is 0 Å². The molecule has 0 aliphatic heterocycles. The molecule has 1 saturated carbocycles. The second-order valence-corrected chi connectivity index (χ2v) is 8.34. The number of nitrogens with one attached hydrogen (secondary N) is 1. The third-order valence-electron chi connectivity index (χ3n) is 4.89. The number of amides is 1. The summed E-state index contributed by atoms with van der Waals surface area (Å²) in [4.78, 5) is 24.5. The lowest BCUT2D eigenvalue weighted by Crippen LogP contribution is -2.30. The van der Waals surface area contributed by atoms with Crippen LogP contribution in [0.3, 0.4) is 0 Å². The first-order chi connectivity index (χ1) is 13.0. The monoisotopic (exact) mass is 385 g/mol. The van der Waals surface area contributed by atoms with Gasteiger partial charge in [-0.25, -0.2) is 0 Å². The Morgan fingerprint density at radius 3 is 2.52 bits per heavy atom. The highest BCUT2D eigenvalue weighted by Crippen LogP contribution is 2.30. The van der Waals surface area contributed by atoms with Gasteiger partial charge in [-0.3, -0.25) is 13.8 Å². The molecule has 0 saturated heterocycles. The minimum absolute atomic E-state index is 0.137. The van der Waals surface area contributed by atoms with E-state index in [0.29, 0.717) is 30.7 Å². The zero-order valence-corrected chi connectivity index (χ0v) is 15.8. The summed E-state index contributed by atoms with van der Waals surface area (Å²) < 4.78 is 12.5. The molecule has 0 aromatic heterocycles. The van der Waals surface area contributed by atoms with E-state index in [-0.39, 0.29) is 11.8 Å². The molecular weight excluding hydrogens is 362 g/mol. The summed E-state index contributed by atoms with van der Waals surface area (Å²) in [5.41, 5.74) is 1.53. The van der Waals surface area contributed by atoms with Gasteiger partial charge in [0.15, 0.2) is 0 Å². The van der Waals surface area contributed by atoms with Crippen molar-refractivity contribution in [3.05, 3.63) is 60.2 Å². The van der Waals surface area contributed by atoms with Gasteiger partial charge in [0, 0.05) is 16.5 Å². The van der Waals surface area contributed by atoms with Crippen molar-refractivity contribution in [3.8, 4) is 0 Å². The van der Waals surface area contributed by atoms with Crippen LogP contribution in [0.15, 0.2) is 59.5 Å². The Bertz CT molecular complexity index is 837. The Morgan fingerprint density at radius 1 is 1.04 bits per heavy atom. The second kappa shape index (κ2) is 8.95. The Morgan fingerprint density at radius 2 is 1.78 bits per heavy atom. The second-order valence-electron chi connectivity index (χ2n) is 6.89. The van der Waals surface area contributed by atoms with Gasteiger partial charge >= 0.3 is 5.97 Å². The molecule has 142 valence electrons. The highest BCUT2D eigenvalue weighted by Gasteiger charge is 2.31. The molecule has 0 bridgehead atoms. The van der Waals surface area contributed by atoms with Gasteiger partial charge in [-0.1, -0.05) is 36.8 Å². The van der Waals surface area contributed by atoms with Crippen molar-refractivity contribution in [1.82, 2.24) is 0 Å². The molecule has 1 amide bonds. The Balaban J connectivity index is 1.62. The summed E-state index contributed by atoms with van der Waals surface area (Å²) >= 11 is 0. The number of rotatable bonds is 6. The van der Waals surface area contributed by atoms with Gasteiger partial charge in [-0.15, -0.1) is 0 Å². The fraction of sp³-hybridized carbons (Fsp3) is 0.333. The molecule has 0 heterocycles. The van der Waals surface area contributed by atoms with Crippen molar-refractivity contribution in [2.24, 2.45) is 11.8 Å². The summed E-state index contributed by atoms with van der Waals surface area (Å²) in [6.45, 7) is 0. The zero-order chi connectivity index (χ0) is 19.2. The van der Waals surface area contributed by atoms with Crippen molar-refractivity contribution in [2.45, 2.75) is 36.3 Å². The molecule has 1 fully saturated rings. The van der Waals surface area contributed by atoms with Crippen LogP contribution in [-0.4, -0.2) is 21.2 Å². The summed E-state index contributed by atoms with van der Waals surface area (Å²) in [7, 11) is -1.15. The van der Waals surface area contributed by atoms with Crippen LogP contribution in [0, 0.1) is 11.8 Å². The third-order valence-corrected chi connectivity index (χ3v) is 6.29. The van der Waals surface area contributed by atoms with Crippen LogP contribution in [0.2, 0.25) is 0 Å². The van der Waals surface area contributed by atoms with Crippen molar-refractivity contribution >= 4 is 28.4 Å². The first-order valence-corrected chi connectivity index (χ1v) is 10.4. The van der Waals surface area contributed by atoms with E-state index in [0.717, 1.165) is 16.9 Å². The predicted octanol–water partition coefficient (Wildman–Crippen LogP) is 3.82. The van der Waals surface area contributed by atoms with Crippen LogP contribution in [0.1, 0.15) is 31.2 Å². The molecule has 0 radical (unpaired) electrons. The molecule has 2 aromatic rings. The normalized spacial score (nSPS) is 20.6. The van der Waals surface area contributed by atoms with Crippen molar-refractivity contribution < 1.29 is 18.9 Å². The molecule has 0 spiro atoms. The van der Waals surface area contributed by atoms with Crippen LogP contribution in [0.4, 0.5) is 5.69 Å². The highest BCUT2D eigenvalue weighted by molar-refractivity contribution is 7.84. The van der Waals surface area contributed by atoms with E-state index in [1.807, 2.05) is 48.5 Å². The summed E-state index contributed by atoms with van der Waals surface area (Å²) in [6, 6.07) is 16.6. The van der Waals surface area contributed by atoms with E-state index < -0.39 is 22.7 Å². The lowest BCUT2D eigenvalue weighted by molar-refractivity contribution is -0.143. The molecule has 3 atom stereocenters. The lowest BCUT2D eigenvalue weighted by Gasteiger charge is -2.25. The molecule has 5 nitrogen and oxygen atoms in total. The maximum absolute atomic E-state index is 12.5. The molecule has 2 aromatic carbocycles. The molecule has 2 N–H and O–H groups in total. The van der Waals surface area contributed by atoms with E-state index in [9.17, 15) is 18.9 Å². The molecule has 6 heteroatoms.